The summed E-state index contributed by atoms with van der Waals surface area (Å²) in [5, 5.41) is 0. The number of hydrogen-bond donors (Lipinski definition) is 0. The molecule has 1 aliphatic rings. The van der Waals surface area contributed by atoms with Crippen molar-refractivity contribution in [3.63, 3.8) is 0 Å². The summed E-state index contributed by atoms with van der Waals surface area (Å²) in [6.45, 7) is 2.97. The third-order valence-corrected chi connectivity index (χ3v) is 2.39. The van der Waals surface area contributed by atoms with Gasteiger partial charge in [-0.2, -0.15) is 0 Å². The van der Waals surface area contributed by atoms with E-state index in [4.69, 9.17) is 27.8 Å². The molecule has 0 saturated heterocycles. The highest BCUT2D eigenvalue weighted by molar-refractivity contribution is 5.97. The van der Waals surface area contributed by atoms with E-state index in [2.05, 4.69) is 0 Å². The highest BCUT2D eigenvalue weighted by atomic mass is 16.7. The van der Waals surface area contributed by atoms with Gasteiger partial charge in [-0.25, -0.2) is 4.79 Å². The highest BCUT2D eigenvalue weighted by Crippen LogP contribution is 2.40. The lowest BCUT2D eigenvalue weighted by Gasteiger charge is -2.32. The fourth-order valence-electron chi connectivity index (χ4n) is 1.70. The molecule has 6 heteroatoms. The Bertz CT molecular complexity index is 582. The van der Waals surface area contributed by atoms with E-state index in [1.807, 2.05) is 0 Å². The molecule has 19 heavy (non-hydrogen) atoms. The zero-order valence-corrected chi connectivity index (χ0v) is 10.8. The largest absolute Gasteiger partial charge is 0.496 e. The van der Waals surface area contributed by atoms with Crippen LogP contribution in [0.1, 0.15) is 28.3 Å². The molecule has 2 rings (SSSR count). The Labute approximate surface area is 115 Å². The normalized spacial score (nSPS) is 19.1. The van der Waals surface area contributed by atoms with Gasteiger partial charge in [-0.3, -0.25) is 0 Å². The van der Waals surface area contributed by atoms with Crippen molar-refractivity contribution in [1.29, 1.82) is 0 Å². The monoisotopic (exact) mass is 271 g/mol. The van der Waals surface area contributed by atoms with Crippen molar-refractivity contribution in [3.8, 4) is 17.2 Å². The Hall–Kier alpha value is -1.95. The van der Waals surface area contributed by atoms with Gasteiger partial charge in [0.2, 0.25) is 5.79 Å². The Morgan fingerprint density at radius 3 is 2.84 bits per heavy atom. The second-order valence-electron chi connectivity index (χ2n) is 4.34. The molecule has 104 valence electrons. The van der Waals surface area contributed by atoms with E-state index >= 15 is 0 Å². The standard InChI is InChI=1S/C13H16O6/c1-13(2)18-10-6-8(16-4)5-9(17-7-15-3)11(10)12(14)19-13/h5-6H,7H2,1-4H3/i4D3. The Morgan fingerprint density at radius 2 is 2.16 bits per heavy atom. The summed E-state index contributed by atoms with van der Waals surface area (Å²) in [4.78, 5) is 12.1. The van der Waals surface area contributed by atoms with Gasteiger partial charge in [-0.05, 0) is 0 Å². The molecule has 1 aromatic rings. The Kier molecular flexibility index (Phi) is 2.59. The van der Waals surface area contributed by atoms with E-state index in [0.29, 0.717) is 0 Å². The van der Waals surface area contributed by atoms with Gasteiger partial charge in [-0.15, -0.1) is 0 Å². The molecule has 0 aliphatic carbocycles. The number of hydrogen-bond acceptors (Lipinski definition) is 6. The fraction of sp³-hybridized carbons (Fsp3) is 0.462. The second kappa shape index (κ2) is 4.97. The van der Waals surface area contributed by atoms with Gasteiger partial charge < -0.3 is 23.7 Å². The first-order chi connectivity index (χ1) is 10.1. The maximum Gasteiger partial charge on any atom is 0.349 e. The molecule has 1 aromatic carbocycles. The average Bonchev–Trinajstić information content (AvgIpc) is 2.31. The van der Waals surface area contributed by atoms with Crippen LogP contribution in [0.3, 0.4) is 0 Å². The van der Waals surface area contributed by atoms with Crippen molar-refractivity contribution in [2.24, 2.45) is 0 Å². The van der Waals surface area contributed by atoms with Crippen molar-refractivity contribution >= 4 is 5.97 Å². The van der Waals surface area contributed by atoms with Gasteiger partial charge in [0.25, 0.3) is 0 Å². The van der Waals surface area contributed by atoms with Crippen molar-refractivity contribution in [2.45, 2.75) is 19.6 Å². The SMILES string of the molecule is [2H]C([2H])([2H])Oc1cc(OCOC)c2c(c1)OC(C)(C)OC2=O. The molecule has 0 spiro atoms. The lowest BCUT2D eigenvalue weighted by atomic mass is 10.1. The van der Waals surface area contributed by atoms with Crippen LogP contribution in [0.4, 0.5) is 0 Å². The summed E-state index contributed by atoms with van der Waals surface area (Å²) in [7, 11) is -1.23. The first kappa shape index (κ1) is 9.91. The van der Waals surface area contributed by atoms with Crippen LogP contribution in [-0.2, 0) is 9.47 Å². The number of ether oxygens (including phenoxy) is 5. The predicted octanol–water partition coefficient (Wildman–Crippen LogP) is 1.96. The van der Waals surface area contributed by atoms with Crippen molar-refractivity contribution in [3.05, 3.63) is 17.7 Å². The summed E-state index contributed by atoms with van der Waals surface area (Å²) in [5.74, 6) is -1.66. The van der Waals surface area contributed by atoms with Crippen molar-refractivity contribution in [1.82, 2.24) is 0 Å². The maximum absolute atomic E-state index is 12.1. The van der Waals surface area contributed by atoms with Crippen LogP contribution < -0.4 is 14.2 Å². The zero-order chi connectivity index (χ0) is 16.5. The molecular formula is C13H16O6. The van der Waals surface area contributed by atoms with E-state index in [1.54, 1.807) is 13.8 Å². The van der Waals surface area contributed by atoms with Crippen LogP contribution in [-0.4, -0.2) is 32.7 Å². The third-order valence-electron chi connectivity index (χ3n) is 2.39. The molecule has 0 saturated carbocycles. The van der Waals surface area contributed by atoms with E-state index in [9.17, 15) is 4.79 Å². The van der Waals surface area contributed by atoms with Gasteiger partial charge >= 0.3 is 5.97 Å². The van der Waals surface area contributed by atoms with Crippen molar-refractivity contribution < 1.29 is 32.6 Å². The van der Waals surface area contributed by atoms with E-state index in [1.165, 1.54) is 19.2 Å². The van der Waals surface area contributed by atoms with Gasteiger partial charge in [0.15, 0.2) is 6.79 Å². The quantitative estimate of drug-likeness (QED) is 0.616. The summed E-state index contributed by atoms with van der Waals surface area (Å²) >= 11 is 0. The van der Waals surface area contributed by atoms with Crippen LogP contribution in [0, 0.1) is 0 Å². The number of rotatable bonds is 4. The Morgan fingerprint density at radius 1 is 1.37 bits per heavy atom. The lowest BCUT2D eigenvalue weighted by molar-refractivity contribution is -0.127. The lowest BCUT2D eigenvalue weighted by Crippen LogP contribution is -2.39. The minimum atomic E-state index is -2.64. The molecule has 0 bridgehead atoms. The maximum atomic E-state index is 12.1. The van der Waals surface area contributed by atoms with Gasteiger partial charge in [0, 0.05) is 33.1 Å². The Balaban J connectivity index is 2.47. The zero-order valence-electron chi connectivity index (χ0n) is 13.8. The number of fused-ring (bicyclic) bond motifs is 1. The molecule has 0 fully saturated rings. The number of carbonyl (C=O) groups excluding carboxylic acids is 1. The number of methoxy groups -OCH3 is 2. The summed E-state index contributed by atoms with van der Waals surface area (Å²) < 4.78 is 47.0. The smallest absolute Gasteiger partial charge is 0.349 e. The number of benzene rings is 1. The molecule has 0 N–H and O–H groups in total. The van der Waals surface area contributed by atoms with Crippen LogP contribution in [0.2, 0.25) is 0 Å². The molecule has 1 heterocycles. The second-order valence-corrected chi connectivity index (χ2v) is 4.34. The molecule has 0 atom stereocenters. The predicted molar refractivity (Wildman–Crippen MR) is 65.6 cm³/mol. The van der Waals surface area contributed by atoms with Gasteiger partial charge in [0.05, 0.1) is 11.2 Å². The molecule has 0 amide bonds. The molecule has 1 aliphatic heterocycles. The van der Waals surface area contributed by atoms with E-state index < -0.39 is 18.8 Å². The van der Waals surface area contributed by atoms with Crippen LogP contribution in [0.15, 0.2) is 12.1 Å². The van der Waals surface area contributed by atoms with Gasteiger partial charge in [-0.1, -0.05) is 0 Å². The van der Waals surface area contributed by atoms with E-state index in [0.717, 1.165) is 0 Å². The number of carbonyl (C=O) groups is 1. The third kappa shape index (κ3) is 2.73. The fourth-order valence-corrected chi connectivity index (χ4v) is 1.70. The molecular weight excluding hydrogens is 252 g/mol. The van der Waals surface area contributed by atoms with Gasteiger partial charge in [0.1, 0.15) is 22.8 Å². The average molecular weight is 271 g/mol. The minimum absolute atomic E-state index is 0.0182. The molecule has 0 aromatic heterocycles. The summed E-state index contributed by atoms with van der Waals surface area (Å²) in [6, 6.07) is 2.58. The minimum Gasteiger partial charge on any atom is -0.496 e. The highest BCUT2D eigenvalue weighted by Gasteiger charge is 2.36. The number of esters is 1. The van der Waals surface area contributed by atoms with Crippen LogP contribution >= 0.6 is 0 Å². The molecule has 0 unspecified atom stereocenters. The molecule has 6 nitrogen and oxygen atoms in total. The first-order valence-corrected chi connectivity index (χ1v) is 5.52. The van der Waals surface area contributed by atoms with Crippen LogP contribution in [0.5, 0.6) is 17.2 Å². The van der Waals surface area contributed by atoms with Crippen LogP contribution in [0.25, 0.3) is 0 Å². The van der Waals surface area contributed by atoms with Crippen molar-refractivity contribution in [2.75, 3.05) is 20.9 Å². The number of cyclic esters (lactones) is 1. The molecule has 0 radical (unpaired) electrons. The topological polar surface area (TPSA) is 63.2 Å². The first-order valence-electron chi connectivity index (χ1n) is 7.02. The van der Waals surface area contributed by atoms with E-state index in [-0.39, 0.29) is 29.6 Å². The summed E-state index contributed by atoms with van der Waals surface area (Å²) in [5.41, 5.74) is 0.0502. The summed E-state index contributed by atoms with van der Waals surface area (Å²) in [6.07, 6.45) is 0.